The highest BCUT2D eigenvalue weighted by molar-refractivity contribution is 5.67. The van der Waals surface area contributed by atoms with Crippen molar-refractivity contribution in [3.05, 3.63) is 35.9 Å². The van der Waals surface area contributed by atoms with E-state index in [0.29, 0.717) is 26.2 Å². The molecule has 1 unspecified atom stereocenters. The van der Waals surface area contributed by atoms with Gasteiger partial charge in [-0.15, -0.1) is 0 Å². The summed E-state index contributed by atoms with van der Waals surface area (Å²) < 4.78 is 11.2. The molecule has 1 saturated heterocycles. The van der Waals surface area contributed by atoms with Crippen LogP contribution >= 0.6 is 0 Å². The number of aliphatic hydroxyl groups excluding tert-OH is 1. The van der Waals surface area contributed by atoms with Crippen LogP contribution in [0.3, 0.4) is 0 Å². The van der Waals surface area contributed by atoms with Crippen LogP contribution in [0.5, 0.6) is 0 Å². The second-order valence-electron chi connectivity index (χ2n) is 6.98. The number of hydrogen-bond donors (Lipinski definition) is 2. The van der Waals surface area contributed by atoms with Gasteiger partial charge in [0.15, 0.2) is 0 Å². The Hall–Kier alpha value is -1.63. The summed E-state index contributed by atoms with van der Waals surface area (Å²) >= 11 is 0. The van der Waals surface area contributed by atoms with E-state index in [1.807, 2.05) is 30.3 Å². The number of carbonyl (C=O) groups is 1. The number of benzene rings is 1. The molecule has 0 aliphatic carbocycles. The van der Waals surface area contributed by atoms with Crippen LogP contribution in [0.4, 0.5) is 4.79 Å². The average Bonchev–Trinajstić information content (AvgIpc) is 2.71. The Balaban J connectivity index is 1.74. The van der Waals surface area contributed by atoms with Crippen molar-refractivity contribution in [1.29, 1.82) is 0 Å². The second kappa shape index (κ2) is 10.5. The van der Waals surface area contributed by atoms with Gasteiger partial charge < -0.3 is 24.8 Å². The fraction of sp³-hybridized carbons (Fsp3) is 0.650. The number of nitrogens with zero attached hydrogens (tertiary/aromatic N) is 1. The molecule has 2 N–H and O–H groups in total. The first-order chi connectivity index (χ1) is 12.6. The van der Waals surface area contributed by atoms with E-state index in [1.165, 1.54) is 0 Å². The summed E-state index contributed by atoms with van der Waals surface area (Å²) in [5.74, 6) is 0. The van der Waals surface area contributed by atoms with Crippen molar-refractivity contribution in [3.8, 4) is 0 Å². The zero-order chi connectivity index (χ0) is 18.8. The van der Waals surface area contributed by atoms with E-state index in [4.69, 9.17) is 9.47 Å². The van der Waals surface area contributed by atoms with Gasteiger partial charge in [0, 0.05) is 31.7 Å². The number of hydrogen-bond acceptors (Lipinski definition) is 5. The Morgan fingerprint density at radius 2 is 2.08 bits per heavy atom. The van der Waals surface area contributed by atoms with Crippen LogP contribution in [0.2, 0.25) is 0 Å². The molecule has 1 aromatic rings. The molecule has 0 aromatic heterocycles. The first kappa shape index (κ1) is 20.7. The largest absolute Gasteiger partial charge is 0.445 e. The summed E-state index contributed by atoms with van der Waals surface area (Å²) in [5, 5.41) is 13.0. The Morgan fingerprint density at radius 1 is 1.35 bits per heavy atom. The van der Waals surface area contributed by atoms with Gasteiger partial charge in [0.2, 0.25) is 0 Å². The lowest BCUT2D eigenvalue weighted by Crippen LogP contribution is -2.50. The minimum absolute atomic E-state index is 0.0573. The summed E-state index contributed by atoms with van der Waals surface area (Å²) in [6.07, 6.45) is 1.50. The molecule has 0 bridgehead atoms. The van der Waals surface area contributed by atoms with Crippen LogP contribution in [0.25, 0.3) is 0 Å². The van der Waals surface area contributed by atoms with Gasteiger partial charge in [-0.3, -0.25) is 0 Å². The van der Waals surface area contributed by atoms with Crippen LogP contribution in [-0.2, 0) is 16.1 Å². The summed E-state index contributed by atoms with van der Waals surface area (Å²) in [5.41, 5.74) is 0.898. The number of aliphatic hydroxyl groups is 1. The van der Waals surface area contributed by atoms with Gasteiger partial charge in [-0.2, -0.15) is 0 Å². The number of rotatable bonds is 9. The fourth-order valence-corrected chi connectivity index (χ4v) is 3.10. The predicted molar refractivity (Wildman–Crippen MR) is 101 cm³/mol. The highest BCUT2D eigenvalue weighted by Gasteiger charge is 2.28. The maximum Gasteiger partial charge on any atom is 0.410 e. The molecule has 1 amide bonds. The third-order valence-electron chi connectivity index (χ3n) is 5.31. The monoisotopic (exact) mass is 364 g/mol. The Kier molecular flexibility index (Phi) is 8.35. The van der Waals surface area contributed by atoms with Crippen LogP contribution in [0.1, 0.15) is 32.3 Å². The second-order valence-corrected chi connectivity index (χ2v) is 6.98. The van der Waals surface area contributed by atoms with Gasteiger partial charge in [0.1, 0.15) is 6.61 Å². The summed E-state index contributed by atoms with van der Waals surface area (Å²) in [7, 11) is 0. The standard InChI is InChI=1S/C20H32N2O4/c1-3-20(4-2,16-23)15-21-12-18-13-22(10-11-25-18)19(24)26-14-17-8-6-5-7-9-17/h5-9,18,21,23H,3-4,10-16H2,1-2H3. The average molecular weight is 364 g/mol. The van der Waals surface area contributed by atoms with Gasteiger partial charge >= 0.3 is 6.09 Å². The Labute approximate surface area is 156 Å². The smallest absolute Gasteiger partial charge is 0.410 e. The molecule has 26 heavy (non-hydrogen) atoms. The molecule has 6 nitrogen and oxygen atoms in total. The van der Waals surface area contributed by atoms with E-state index in [-0.39, 0.29) is 30.8 Å². The number of carbonyl (C=O) groups excluding carboxylic acids is 1. The van der Waals surface area contributed by atoms with E-state index in [2.05, 4.69) is 19.2 Å². The molecular weight excluding hydrogens is 332 g/mol. The minimum atomic E-state index is -0.297. The number of morpholine rings is 1. The van der Waals surface area contributed by atoms with Crippen LogP contribution in [0.15, 0.2) is 30.3 Å². The topological polar surface area (TPSA) is 71.0 Å². The van der Waals surface area contributed by atoms with Gasteiger partial charge in [0.05, 0.1) is 19.3 Å². The molecule has 1 aliphatic heterocycles. The highest BCUT2D eigenvalue weighted by atomic mass is 16.6. The summed E-state index contributed by atoms with van der Waals surface area (Å²) in [6, 6.07) is 9.67. The maximum atomic E-state index is 12.3. The minimum Gasteiger partial charge on any atom is -0.445 e. The molecular formula is C20H32N2O4. The molecule has 2 rings (SSSR count). The van der Waals surface area contributed by atoms with E-state index in [1.54, 1.807) is 4.90 Å². The zero-order valence-electron chi connectivity index (χ0n) is 15.9. The fourth-order valence-electron chi connectivity index (χ4n) is 3.10. The van der Waals surface area contributed by atoms with Crippen molar-refractivity contribution in [1.82, 2.24) is 10.2 Å². The van der Waals surface area contributed by atoms with Crippen LogP contribution in [0, 0.1) is 5.41 Å². The van der Waals surface area contributed by atoms with Crippen molar-refractivity contribution >= 4 is 6.09 Å². The van der Waals surface area contributed by atoms with E-state index in [0.717, 1.165) is 24.9 Å². The molecule has 6 heteroatoms. The number of amides is 1. The van der Waals surface area contributed by atoms with Crippen LogP contribution in [-0.4, -0.2) is 61.6 Å². The molecule has 0 saturated carbocycles. The third-order valence-corrected chi connectivity index (χ3v) is 5.31. The number of nitrogens with one attached hydrogen (secondary N) is 1. The van der Waals surface area contributed by atoms with Crippen molar-refractivity contribution in [2.24, 2.45) is 5.41 Å². The lowest BCUT2D eigenvalue weighted by molar-refractivity contribution is -0.0285. The van der Waals surface area contributed by atoms with E-state index >= 15 is 0 Å². The molecule has 1 heterocycles. The molecule has 1 fully saturated rings. The number of ether oxygens (including phenoxy) is 2. The quantitative estimate of drug-likeness (QED) is 0.704. The molecule has 146 valence electrons. The lowest BCUT2D eigenvalue weighted by Gasteiger charge is -2.34. The molecule has 0 radical (unpaired) electrons. The van der Waals surface area contributed by atoms with E-state index in [9.17, 15) is 9.90 Å². The normalized spacial score (nSPS) is 18.0. The molecule has 1 atom stereocenters. The molecule has 1 aliphatic rings. The van der Waals surface area contributed by atoms with Crippen LogP contribution < -0.4 is 5.32 Å². The SMILES string of the molecule is CCC(CC)(CO)CNCC1CN(C(=O)OCc2ccccc2)CCO1. The third kappa shape index (κ3) is 5.97. The lowest BCUT2D eigenvalue weighted by atomic mass is 9.83. The van der Waals surface area contributed by atoms with Gasteiger partial charge in [0.25, 0.3) is 0 Å². The summed E-state index contributed by atoms with van der Waals surface area (Å²) in [6.45, 7) is 7.65. The van der Waals surface area contributed by atoms with Gasteiger partial charge in [-0.25, -0.2) is 4.79 Å². The maximum absolute atomic E-state index is 12.3. The Morgan fingerprint density at radius 3 is 2.73 bits per heavy atom. The van der Waals surface area contributed by atoms with Gasteiger partial charge in [-0.05, 0) is 18.4 Å². The van der Waals surface area contributed by atoms with Crippen molar-refractivity contribution in [2.75, 3.05) is 39.4 Å². The zero-order valence-corrected chi connectivity index (χ0v) is 15.9. The Bertz CT molecular complexity index is 526. The van der Waals surface area contributed by atoms with Crippen molar-refractivity contribution in [2.45, 2.75) is 39.4 Å². The van der Waals surface area contributed by atoms with E-state index < -0.39 is 0 Å². The molecule has 1 aromatic carbocycles. The summed E-state index contributed by atoms with van der Waals surface area (Å²) in [4.78, 5) is 14.0. The van der Waals surface area contributed by atoms with Gasteiger partial charge in [-0.1, -0.05) is 44.2 Å². The first-order valence-corrected chi connectivity index (χ1v) is 9.51. The highest BCUT2D eigenvalue weighted by Crippen LogP contribution is 2.24. The van der Waals surface area contributed by atoms with Crippen molar-refractivity contribution in [3.63, 3.8) is 0 Å². The van der Waals surface area contributed by atoms with Crippen molar-refractivity contribution < 1.29 is 19.4 Å². The first-order valence-electron chi connectivity index (χ1n) is 9.51. The molecule has 0 spiro atoms. The predicted octanol–water partition coefficient (Wildman–Crippen LogP) is 2.41.